The van der Waals surface area contributed by atoms with Crippen LogP contribution < -0.4 is 0 Å². The zero-order valence-corrected chi connectivity index (χ0v) is 15.2. The van der Waals surface area contributed by atoms with Gasteiger partial charge in [-0.2, -0.15) is 0 Å². The normalized spacial score (nSPS) is 10.8. The molecule has 2 heterocycles. The van der Waals surface area contributed by atoms with E-state index in [4.69, 9.17) is 4.42 Å². The van der Waals surface area contributed by atoms with Gasteiger partial charge in [0.1, 0.15) is 0 Å². The molecule has 0 radical (unpaired) electrons. The molecular weight excluding hydrogens is 394 g/mol. The molecule has 0 amide bonds. The number of methoxy groups -OCH3 is 1. The summed E-state index contributed by atoms with van der Waals surface area (Å²) >= 11 is 4.58. The highest BCUT2D eigenvalue weighted by Crippen LogP contribution is 2.28. The predicted octanol–water partition coefficient (Wildman–Crippen LogP) is 3.61. The first-order valence-corrected chi connectivity index (χ1v) is 8.87. The molecular formula is C16H14BrN3O3S. The Hall–Kier alpha value is -2.06. The fourth-order valence-electron chi connectivity index (χ4n) is 2.10. The highest BCUT2D eigenvalue weighted by atomic mass is 79.9. The van der Waals surface area contributed by atoms with E-state index < -0.39 is 0 Å². The molecule has 0 aliphatic heterocycles. The van der Waals surface area contributed by atoms with Crippen LogP contribution in [0.2, 0.25) is 0 Å². The molecule has 3 aromatic rings. The van der Waals surface area contributed by atoms with E-state index in [0.29, 0.717) is 28.0 Å². The van der Waals surface area contributed by atoms with Crippen LogP contribution in [0.3, 0.4) is 0 Å². The van der Waals surface area contributed by atoms with Gasteiger partial charge in [0.2, 0.25) is 5.82 Å². The summed E-state index contributed by atoms with van der Waals surface area (Å²) in [5.74, 6) is 1.08. The van der Waals surface area contributed by atoms with Crippen LogP contribution in [0.1, 0.15) is 5.56 Å². The van der Waals surface area contributed by atoms with E-state index in [1.54, 1.807) is 6.07 Å². The van der Waals surface area contributed by atoms with Crippen molar-refractivity contribution in [3.63, 3.8) is 0 Å². The zero-order chi connectivity index (χ0) is 16.9. The first-order valence-electron chi connectivity index (χ1n) is 7.10. The Kier molecular flexibility index (Phi) is 5.37. The highest BCUT2D eigenvalue weighted by molar-refractivity contribution is 9.10. The summed E-state index contributed by atoms with van der Waals surface area (Å²) in [5.41, 5.74) is 1.10. The summed E-state index contributed by atoms with van der Waals surface area (Å²) in [6.07, 6.45) is 0. The summed E-state index contributed by atoms with van der Waals surface area (Å²) in [6, 6.07) is 13.6. The van der Waals surface area contributed by atoms with Crippen molar-refractivity contribution in [2.45, 2.75) is 11.7 Å². The Labute approximate surface area is 151 Å². The van der Waals surface area contributed by atoms with Crippen LogP contribution in [0, 0.1) is 0 Å². The van der Waals surface area contributed by atoms with Gasteiger partial charge in [0, 0.05) is 0 Å². The molecule has 0 atom stereocenters. The smallest absolute Gasteiger partial charge is 0.316 e. The van der Waals surface area contributed by atoms with E-state index in [1.165, 1.54) is 18.9 Å². The summed E-state index contributed by atoms with van der Waals surface area (Å²) in [4.78, 5) is 11.4. The molecule has 8 heteroatoms. The molecule has 0 spiro atoms. The van der Waals surface area contributed by atoms with Gasteiger partial charge in [-0.1, -0.05) is 42.1 Å². The molecule has 0 N–H and O–H groups in total. The average Bonchev–Trinajstić information content (AvgIpc) is 3.20. The second kappa shape index (κ2) is 7.67. The maximum absolute atomic E-state index is 11.4. The fraction of sp³-hybridized carbons (Fsp3) is 0.188. The van der Waals surface area contributed by atoms with Gasteiger partial charge in [-0.3, -0.25) is 9.36 Å². The molecule has 2 aromatic heterocycles. The number of carbonyl (C=O) groups excluding carboxylic acids is 1. The van der Waals surface area contributed by atoms with E-state index in [1.807, 2.05) is 41.0 Å². The van der Waals surface area contributed by atoms with Gasteiger partial charge in [-0.05, 0) is 33.6 Å². The van der Waals surface area contributed by atoms with E-state index in [-0.39, 0.29) is 11.7 Å². The van der Waals surface area contributed by atoms with Crippen molar-refractivity contribution >= 4 is 33.7 Å². The minimum atomic E-state index is -0.309. The van der Waals surface area contributed by atoms with E-state index >= 15 is 0 Å². The molecule has 3 rings (SSSR count). The largest absolute Gasteiger partial charge is 0.468 e. The van der Waals surface area contributed by atoms with Crippen LogP contribution in [-0.4, -0.2) is 33.6 Å². The first-order chi connectivity index (χ1) is 11.7. The molecule has 24 heavy (non-hydrogen) atoms. The monoisotopic (exact) mass is 407 g/mol. The van der Waals surface area contributed by atoms with Crippen LogP contribution in [0.15, 0.2) is 56.7 Å². The third kappa shape index (κ3) is 3.88. The summed E-state index contributed by atoms with van der Waals surface area (Å²) < 4.78 is 12.8. The number of esters is 1. The van der Waals surface area contributed by atoms with Crippen molar-refractivity contribution in [2.24, 2.45) is 0 Å². The molecule has 0 aliphatic rings. The number of aromatic nitrogens is 3. The van der Waals surface area contributed by atoms with Crippen LogP contribution >= 0.6 is 27.7 Å². The number of ether oxygens (including phenoxy) is 1. The second-order valence-electron chi connectivity index (χ2n) is 4.85. The Morgan fingerprint density at radius 3 is 2.71 bits per heavy atom. The van der Waals surface area contributed by atoms with E-state index in [9.17, 15) is 4.79 Å². The number of benzene rings is 1. The predicted molar refractivity (Wildman–Crippen MR) is 93.7 cm³/mol. The van der Waals surface area contributed by atoms with Gasteiger partial charge in [0.05, 0.1) is 19.4 Å². The molecule has 0 saturated carbocycles. The van der Waals surface area contributed by atoms with Crippen molar-refractivity contribution in [1.82, 2.24) is 14.8 Å². The first kappa shape index (κ1) is 16.8. The minimum Gasteiger partial charge on any atom is -0.468 e. The SMILES string of the molecule is COC(=O)CSc1nnc(-c2ccc(Br)o2)n1Cc1ccccc1. The zero-order valence-electron chi connectivity index (χ0n) is 12.8. The number of halogens is 1. The third-order valence-electron chi connectivity index (χ3n) is 3.24. The number of furan rings is 1. The van der Waals surface area contributed by atoms with Gasteiger partial charge >= 0.3 is 5.97 Å². The van der Waals surface area contributed by atoms with Crippen molar-refractivity contribution in [1.29, 1.82) is 0 Å². The average molecular weight is 408 g/mol. The van der Waals surface area contributed by atoms with Gasteiger partial charge in [0.15, 0.2) is 15.6 Å². The Morgan fingerprint density at radius 2 is 2.04 bits per heavy atom. The second-order valence-corrected chi connectivity index (χ2v) is 6.57. The fourth-order valence-corrected chi connectivity index (χ4v) is 3.18. The number of rotatable bonds is 6. The summed E-state index contributed by atoms with van der Waals surface area (Å²) in [5, 5.41) is 9.05. The van der Waals surface area contributed by atoms with Gasteiger partial charge in [-0.25, -0.2) is 0 Å². The van der Waals surface area contributed by atoms with Crippen LogP contribution in [0.25, 0.3) is 11.6 Å². The molecule has 0 fully saturated rings. The Bertz CT molecular complexity index is 832. The number of hydrogen-bond donors (Lipinski definition) is 0. The van der Waals surface area contributed by atoms with Crippen LogP contribution in [-0.2, 0) is 16.1 Å². The van der Waals surface area contributed by atoms with Gasteiger partial charge < -0.3 is 9.15 Å². The highest BCUT2D eigenvalue weighted by Gasteiger charge is 2.18. The molecule has 0 saturated heterocycles. The molecule has 124 valence electrons. The number of thioether (sulfide) groups is 1. The van der Waals surface area contributed by atoms with Crippen molar-refractivity contribution in [2.75, 3.05) is 12.9 Å². The number of hydrogen-bond acceptors (Lipinski definition) is 6. The Morgan fingerprint density at radius 1 is 1.25 bits per heavy atom. The lowest BCUT2D eigenvalue weighted by Crippen LogP contribution is -2.07. The summed E-state index contributed by atoms with van der Waals surface area (Å²) in [6.45, 7) is 0.574. The van der Waals surface area contributed by atoms with Crippen molar-refractivity contribution in [3.8, 4) is 11.6 Å². The lowest BCUT2D eigenvalue weighted by molar-refractivity contribution is -0.137. The van der Waals surface area contributed by atoms with E-state index in [0.717, 1.165) is 5.56 Å². The molecule has 0 unspecified atom stereocenters. The van der Waals surface area contributed by atoms with E-state index in [2.05, 4.69) is 30.9 Å². The molecule has 1 aromatic carbocycles. The van der Waals surface area contributed by atoms with Gasteiger partial charge in [0.25, 0.3) is 0 Å². The molecule has 0 aliphatic carbocycles. The van der Waals surface area contributed by atoms with Crippen molar-refractivity contribution in [3.05, 3.63) is 52.7 Å². The Balaban J connectivity index is 1.93. The van der Waals surface area contributed by atoms with Crippen molar-refractivity contribution < 1.29 is 13.9 Å². The topological polar surface area (TPSA) is 70.2 Å². The number of nitrogens with zero attached hydrogens (tertiary/aromatic N) is 3. The quantitative estimate of drug-likeness (QED) is 0.459. The van der Waals surface area contributed by atoms with Crippen LogP contribution in [0.5, 0.6) is 0 Å². The maximum atomic E-state index is 11.4. The molecule has 0 bridgehead atoms. The standard InChI is InChI=1S/C16H14BrN3O3S/c1-22-14(21)10-24-16-19-18-15(12-7-8-13(17)23-12)20(16)9-11-5-3-2-4-6-11/h2-8H,9-10H2,1H3. The maximum Gasteiger partial charge on any atom is 0.316 e. The minimum absolute atomic E-state index is 0.172. The third-order valence-corrected chi connectivity index (χ3v) is 4.61. The lowest BCUT2D eigenvalue weighted by Gasteiger charge is -2.09. The van der Waals surface area contributed by atoms with Crippen LogP contribution in [0.4, 0.5) is 0 Å². The lowest BCUT2D eigenvalue weighted by atomic mass is 10.2. The van der Waals surface area contributed by atoms with Gasteiger partial charge in [-0.15, -0.1) is 10.2 Å². The summed E-state index contributed by atoms with van der Waals surface area (Å²) in [7, 11) is 1.36. The molecule has 6 nitrogen and oxygen atoms in total. The number of carbonyl (C=O) groups is 1.